The van der Waals surface area contributed by atoms with Crippen molar-refractivity contribution >= 4 is 17.6 Å². The number of ether oxygens (including phenoxy) is 1. The molecule has 0 heterocycles. The molecule has 3 amide bonds. The van der Waals surface area contributed by atoms with E-state index < -0.39 is 0 Å². The van der Waals surface area contributed by atoms with Crippen LogP contribution in [0.2, 0.25) is 0 Å². The Morgan fingerprint density at radius 1 is 1.35 bits per heavy atom. The number of carbonyl (C=O) groups excluding carboxylic acids is 2. The topological polar surface area (TPSA) is 70.7 Å². The fourth-order valence-corrected chi connectivity index (χ4v) is 1.57. The number of carbonyl (C=O) groups is 2. The lowest BCUT2D eigenvalue weighted by Gasteiger charge is -2.15. The number of urea groups is 1. The van der Waals surface area contributed by atoms with Crippen LogP contribution in [0.3, 0.4) is 0 Å². The van der Waals surface area contributed by atoms with Crippen LogP contribution in [0, 0.1) is 0 Å². The zero-order chi connectivity index (χ0) is 15.0. The summed E-state index contributed by atoms with van der Waals surface area (Å²) in [6.45, 7) is 2.95. The molecule has 0 saturated heterocycles. The SMILES string of the molecule is COCCNC(=O)Nc1cccc(CN(C)C(C)=O)c1. The highest BCUT2D eigenvalue weighted by atomic mass is 16.5. The molecule has 6 heteroatoms. The highest BCUT2D eigenvalue weighted by Gasteiger charge is 2.05. The van der Waals surface area contributed by atoms with E-state index >= 15 is 0 Å². The van der Waals surface area contributed by atoms with Crippen LogP contribution in [-0.2, 0) is 16.1 Å². The predicted molar refractivity (Wildman–Crippen MR) is 77.5 cm³/mol. The first-order chi connectivity index (χ1) is 9.52. The van der Waals surface area contributed by atoms with Gasteiger partial charge in [0, 0.05) is 39.9 Å². The van der Waals surface area contributed by atoms with E-state index in [-0.39, 0.29) is 11.9 Å². The molecule has 0 unspecified atom stereocenters. The van der Waals surface area contributed by atoms with E-state index in [9.17, 15) is 9.59 Å². The van der Waals surface area contributed by atoms with Crippen LogP contribution >= 0.6 is 0 Å². The third kappa shape index (κ3) is 5.71. The van der Waals surface area contributed by atoms with Gasteiger partial charge in [-0.2, -0.15) is 0 Å². The monoisotopic (exact) mass is 279 g/mol. The predicted octanol–water partition coefficient (Wildman–Crippen LogP) is 1.43. The van der Waals surface area contributed by atoms with Crippen molar-refractivity contribution in [3.8, 4) is 0 Å². The van der Waals surface area contributed by atoms with E-state index in [2.05, 4.69) is 10.6 Å². The number of methoxy groups -OCH3 is 1. The number of hydrogen-bond donors (Lipinski definition) is 2. The van der Waals surface area contributed by atoms with Crippen LogP contribution < -0.4 is 10.6 Å². The second-order valence-electron chi connectivity index (χ2n) is 4.45. The third-order valence-electron chi connectivity index (χ3n) is 2.73. The molecule has 6 nitrogen and oxygen atoms in total. The van der Waals surface area contributed by atoms with E-state index in [1.165, 1.54) is 6.92 Å². The molecule has 0 fully saturated rings. The van der Waals surface area contributed by atoms with Crippen molar-refractivity contribution in [3.63, 3.8) is 0 Å². The molecule has 1 rings (SSSR count). The summed E-state index contributed by atoms with van der Waals surface area (Å²) in [6, 6.07) is 7.11. The maximum atomic E-state index is 11.6. The Morgan fingerprint density at radius 2 is 2.10 bits per heavy atom. The van der Waals surface area contributed by atoms with Crippen LogP contribution in [0.15, 0.2) is 24.3 Å². The Balaban J connectivity index is 2.55. The third-order valence-corrected chi connectivity index (χ3v) is 2.73. The molecule has 0 radical (unpaired) electrons. The summed E-state index contributed by atoms with van der Waals surface area (Å²) in [5.41, 5.74) is 1.65. The lowest BCUT2D eigenvalue weighted by Crippen LogP contribution is -2.31. The van der Waals surface area contributed by atoms with Gasteiger partial charge in [0.25, 0.3) is 0 Å². The Kier molecular flexibility index (Phi) is 6.52. The minimum Gasteiger partial charge on any atom is -0.383 e. The van der Waals surface area contributed by atoms with Gasteiger partial charge in [-0.3, -0.25) is 4.79 Å². The molecule has 0 aliphatic carbocycles. The van der Waals surface area contributed by atoms with E-state index in [4.69, 9.17) is 4.74 Å². The number of nitrogens with zero attached hydrogens (tertiary/aromatic N) is 1. The quantitative estimate of drug-likeness (QED) is 0.774. The molecule has 0 aliphatic rings. The van der Waals surface area contributed by atoms with Gasteiger partial charge in [0.2, 0.25) is 5.91 Å². The van der Waals surface area contributed by atoms with Crippen molar-refractivity contribution in [2.75, 3.05) is 32.6 Å². The standard InChI is InChI=1S/C14H21N3O3/c1-11(18)17(2)10-12-5-4-6-13(9-12)16-14(19)15-7-8-20-3/h4-6,9H,7-8,10H2,1-3H3,(H2,15,16,19). The number of amides is 3. The van der Waals surface area contributed by atoms with Gasteiger partial charge in [-0.1, -0.05) is 12.1 Å². The average molecular weight is 279 g/mol. The van der Waals surface area contributed by atoms with Crippen molar-refractivity contribution in [2.45, 2.75) is 13.5 Å². The van der Waals surface area contributed by atoms with Gasteiger partial charge < -0.3 is 20.3 Å². The van der Waals surface area contributed by atoms with Gasteiger partial charge in [-0.05, 0) is 17.7 Å². The molecule has 0 aliphatic heterocycles. The first-order valence-electron chi connectivity index (χ1n) is 6.37. The zero-order valence-corrected chi connectivity index (χ0v) is 12.1. The Hall–Kier alpha value is -2.08. The Morgan fingerprint density at radius 3 is 2.75 bits per heavy atom. The normalized spacial score (nSPS) is 9.95. The van der Waals surface area contributed by atoms with Crippen LogP contribution in [-0.4, -0.2) is 44.1 Å². The largest absolute Gasteiger partial charge is 0.383 e. The van der Waals surface area contributed by atoms with Crippen molar-refractivity contribution < 1.29 is 14.3 Å². The molecule has 20 heavy (non-hydrogen) atoms. The molecule has 0 atom stereocenters. The molecule has 1 aromatic rings. The van der Waals surface area contributed by atoms with Crippen molar-refractivity contribution in [3.05, 3.63) is 29.8 Å². The first-order valence-corrected chi connectivity index (χ1v) is 6.37. The molecule has 0 spiro atoms. The summed E-state index contributed by atoms with van der Waals surface area (Å²) < 4.78 is 4.85. The van der Waals surface area contributed by atoms with Crippen LogP contribution in [0.1, 0.15) is 12.5 Å². The van der Waals surface area contributed by atoms with Gasteiger partial charge in [0.1, 0.15) is 0 Å². The van der Waals surface area contributed by atoms with Crippen LogP contribution in [0.25, 0.3) is 0 Å². The fraction of sp³-hybridized carbons (Fsp3) is 0.429. The van der Waals surface area contributed by atoms with Gasteiger partial charge in [0.05, 0.1) is 6.61 Å². The molecular formula is C14H21N3O3. The zero-order valence-electron chi connectivity index (χ0n) is 12.1. The maximum Gasteiger partial charge on any atom is 0.319 e. The van der Waals surface area contributed by atoms with Crippen molar-refractivity contribution in [1.29, 1.82) is 0 Å². The second-order valence-corrected chi connectivity index (χ2v) is 4.45. The first kappa shape index (κ1) is 16.0. The number of rotatable bonds is 6. The molecule has 0 bridgehead atoms. The number of hydrogen-bond acceptors (Lipinski definition) is 3. The minimum absolute atomic E-state index is 0.000621. The fourth-order valence-electron chi connectivity index (χ4n) is 1.57. The number of nitrogens with one attached hydrogen (secondary N) is 2. The second kappa shape index (κ2) is 8.16. The number of benzene rings is 1. The molecule has 0 saturated carbocycles. The minimum atomic E-state index is -0.279. The lowest BCUT2D eigenvalue weighted by atomic mass is 10.2. The van der Waals surface area contributed by atoms with Gasteiger partial charge in [-0.25, -0.2) is 4.79 Å². The maximum absolute atomic E-state index is 11.6. The van der Waals surface area contributed by atoms with Gasteiger partial charge >= 0.3 is 6.03 Å². The van der Waals surface area contributed by atoms with E-state index in [1.54, 1.807) is 25.1 Å². The summed E-state index contributed by atoms with van der Waals surface area (Å²) >= 11 is 0. The van der Waals surface area contributed by atoms with E-state index in [0.717, 1.165) is 5.56 Å². The highest BCUT2D eigenvalue weighted by Crippen LogP contribution is 2.12. The van der Waals surface area contributed by atoms with Crippen molar-refractivity contribution in [1.82, 2.24) is 10.2 Å². The molecule has 1 aromatic carbocycles. The summed E-state index contributed by atoms with van der Waals surface area (Å²) in [7, 11) is 3.31. The molecule has 110 valence electrons. The lowest BCUT2D eigenvalue weighted by molar-refractivity contribution is -0.128. The van der Waals surface area contributed by atoms with Crippen LogP contribution in [0.5, 0.6) is 0 Å². The Bertz CT molecular complexity index is 463. The molecule has 2 N–H and O–H groups in total. The smallest absolute Gasteiger partial charge is 0.319 e. The van der Waals surface area contributed by atoms with E-state index in [0.29, 0.717) is 25.4 Å². The highest BCUT2D eigenvalue weighted by molar-refractivity contribution is 5.89. The van der Waals surface area contributed by atoms with E-state index in [1.807, 2.05) is 18.2 Å². The van der Waals surface area contributed by atoms with Crippen LogP contribution in [0.4, 0.5) is 10.5 Å². The summed E-state index contributed by atoms with van der Waals surface area (Å²) in [5.74, 6) is 0.000621. The summed E-state index contributed by atoms with van der Waals surface area (Å²) in [6.07, 6.45) is 0. The molecular weight excluding hydrogens is 258 g/mol. The summed E-state index contributed by atoms with van der Waals surface area (Å²) in [5, 5.41) is 5.41. The average Bonchev–Trinajstić information content (AvgIpc) is 2.39. The van der Waals surface area contributed by atoms with Gasteiger partial charge in [0.15, 0.2) is 0 Å². The number of anilines is 1. The Labute approximate surface area is 119 Å². The van der Waals surface area contributed by atoms with Gasteiger partial charge in [-0.15, -0.1) is 0 Å². The summed E-state index contributed by atoms with van der Waals surface area (Å²) in [4.78, 5) is 24.4. The molecule has 0 aromatic heterocycles. The van der Waals surface area contributed by atoms with Crippen molar-refractivity contribution in [2.24, 2.45) is 0 Å².